The number of benzene rings is 2. The number of thiazole rings is 1. The average molecular weight is 379 g/mol. The highest BCUT2D eigenvalue weighted by Gasteiger charge is 2.33. The fraction of sp³-hybridized carbons (Fsp3) is 0.222. The van der Waals surface area contributed by atoms with Crippen LogP contribution in [0.1, 0.15) is 17.5 Å². The van der Waals surface area contributed by atoms with Crippen LogP contribution in [0.4, 0.5) is 24.5 Å². The van der Waals surface area contributed by atoms with Gasteiger partial charge in [0.15, 0.2) is 0 Å². The van der Waals surface area contributed by atoms with Gasteiger partial charge in [-0.15, -0.1) is 11.3 Å². The summed E-state index contributed by atoms with van der Waals surface area (Å²) in [5.74, 6) is -0.553. The van der Waals surface area contributed by atoms with Gasteiger partial charge in [0.25, 0.3) is 0 Å². The van der Waals surface area contributed by atoms with E-state index in [9.17, 15) is 18.0 Å². The van der Waals surface area contributed by atoms with Gasteiger partial charge >= 0.3 is 6.18 Å². The smallest absolute Gasteiger partial charge is 0.374 e. The summed E-state index contributed by atoms with van der Waals surface area (Å²) >= 11 is 1.53. The summed E-state index contributed by atoms with van der Waals surface area (Å²) in [4.78, 5) is 16.7. The number of hydrogen-bond acceptors (Lipinski definition) is 4. The molecule has 1 atom stereocenters. The van der Waals surface area contributed by atoms with Crippen LogP contribution in [-0.2, 0) is 11.0 Å². The fourth-order valence-electron chi connectivity index (χ4n) is 2.53. The van der Waals surface area contributed by atoms with Gasteiger partial charge in [-0.25, -0.2) is 4.98 Å². The Hall–Kier alpha value is -2.61. The molecule has 2 N–H and O–H groups in total. The molecule has 8 heteroatoms. The van der Waals surface area contributed by atoms with Crippen LogP contribution in [0.5, 0.6) is 0 Å². The van der Waals surface area contributed by atoms with Gasteiger partial charge in [0.1, 0.15) is 6.04 Å². The molecule has 0 fully saturated rings. The third kappa shape index (κ3) is 3.96. The number of hydrogen-bond donors (Lipinski definition) is 2. The van der Waals surface area contributed by atoms with Crippen molar-refractivity contribution in [2.45, 2.75) is 26.1 Å². The van der Waals surface area contributed by atoms with Crippen molar-refractivity contribution in [3.05, 3.63) is 53.0 Å². The molecular formula is C18H16F3N3OS. The molecule has 3 rings (SSSR count). The second kappa shape index (κ2) is 6.95. The van der Waals surface area contributed by atoms with Gasteiger partial charge in [0.05, 0.1) is 26.5 Å². The van der Waals surface area contributed by atoms with E-state index in [-0.39, 0.29) is 5.69 Å². The maximum Gasteiger partial charge on any atom is 0.418 e. The Balaban J connectivity index is 1.73. The van der Waals surface area contributed by atoms with E-state index in [1.54, 1.807) is 13.0 Å². The monoisotopic (exact) mass is 379 g/mol. The van der Waals surface area contributed by atoms with E-state index < -0.39 is 23.7 Å². The number of para-hydroxylation sites is 1. The van der Waals surface area contributed by atoms with Crippen molar-refractivity contribution in [1.29, 1.82) is 0 Å². The summed E-state index contributed by atoms with van der Waals surface area (Å²) in [5.41, 5.74) is 0.441. The number of anilines is 2. The van der Waals surface area contributed by atoms with Crippen LogP contribution < -0.4 is 10.6 Å². The number of carbonyl (C=O) groups excluding carboxylic acids is 1. The maximum atomic E-state index is 13.0. The average Bonchev–Trinajstić information content (AvgIpc) is 2.93. The van der Waals surface area contributed by atoms with Gasteiger partial charge in [-0.05, 0) is 44.2 Å². The fourth-order valence-corrected chi connectivity index (χ4v) is 3.39. The molecule has 0 saturated carbocycles. The number of rotatable bonds is 4. The van der Waals surface area contributed by atoms with Crippen molar-refractivity contribution in [2.24, 2.45) is 0 Å². The van der Waals surface area contributed by atoms with E-state index >= 15 is 0 Å². The van der Waals surface area contributed by atoms with Crippen molar-refractivity contribution in [3.63, 3.8) is 0 Å². The molecule has 0 spiro atoms. The summed E-state index contributed by atoms with van der Waals surface area (Å²) in [7, 11) is 0. The minimum absolute atomic E-state index is 0.257. The van der Waals surface area contributed by atoms with Gasteiger partial charge in [0, 0.05) is 5.69 Å². The molecule has 0 aliphatic heterocycles. The van der Waals surface area contributed by atoms with E-state index in [1.807, 2.05) is 19.1 Å². The molecule has 0 unspecified atom stereocenters. The van der Waals surface area contributed by atoms with Crippen molar-refractivity contribution >= 4 is 38.8 Å². The Morgan fingerprint density at radius 2 is 1.92 bits per heavy atom. The van der Waals surface area contributed by atoms with Crippen LogP contribution in [-0.4, -0.2) is 16.9 Å². The highest BCUT2D eigenvalue weighted by molar-refractivity contribution is 7.18. The summed E-state index contributed by atoms with van der Waals surface area (Å²) in [6.07, 6.45) is -4.53. The number of aromatic nitrogens is 1. The minimum atomic E-state index is -4.53. The lowest BCUT2D eigenvalue weighted by Crippen LogP contribution is -2.32. The van der Waals surface area contributed by atoms with E-state index in [0.29, 0.717) is 5.69 Å². The predicted octanol–water partition coefficient (Wildman–Crippen LogP) is 5.06. The molecule has 0 bridgehead atoms. The molecule has 1 amide bonds. The van der Waals surface area contributed by atoms with Crippen LogP contribution in [0.15, 0.2) is 42.5 Å². The molecule has 1 aromatic heterocycles. The number of halogens is 3. The number of amides is 1. The van der Waals surface area contributed by atoms with E-state index in [0.717, 1.165) is 21.3 Å². The maximum absolute atomic E-state index is 13.0. The molecular weight excluding hydrogens is 363 g/mol. The van der Waals surface area contributed by atoms with Crippen molar-refractivity contribution in [2.75, 3.05) is 10.6 Å². The molecule has 0 aliphatic rings. The first-order valence-electron chi connectivity index (χ1n) is 7.85. The Labute approximate surface area is 152 Å². The van der Waals surface area contributed by atoms with Crippen LogP contribution in [0.2, 0.25) is 0 Å². The Morgan fingerprint density at radius 1 is 1.19 bits per heavy atom. The zero-order chi connectivity index (χ0) is 18.9. The number of fused-ring (bicyclic) bond motifs is 1. The second-order valence-electron chi connectivity index (χ2n) is 5.81. The highest BCUT2D eigenvalue weighted by Crippen LogP contribution is 2.34. The molecule has 0 radical (unpaired) electrons. The Kier molecular flexibility index (Phi) is 4.86. The van der Waals surface area contributed by atoms with Gasteiger partial charge in [-0.2, -0.15) is 13.2 Å². The number of carbonyl (C=O) groups is 1. The topological polar surface area (TPSA) is 54.0 Å². The first-order valence-corrected chi connectivity index (χ1v) is 8.66. The first-order chi connectivity index (χ1) is 12.2. The SMILES string of the molecule is Cc1nc2ccc(N[C@@H](C)C(=O)Nc3ccccc3C(F)(F)F)cc2s1. The van der Waals surface area contributed by atoms with E-state index in [1.165, 1.54) is 29.5 Å². The normalized spacial score (nSPS) is 12.8. The largest absolute Gasteiger partial charge is 0.418 e. The molecule has 2 aromatic carbocycles. The Bertz CT molecular complexity index is 952. The summed E-state index contributed by atoms with van der Waals surface area (Å²) in [5, 5.41) is 6.29. The minimum Gasteiger partial charge on any atom is -0.374 e. The number of alkyl halides is 3. The zero-order valence-electron chi connectivity index (χ0n) is 14.0. The third-order valence-corrected chi connectivity index (χ3v) is 4.70. The first kappa shape index (κ1) is 18.2. The van der Waals surface area contributed by atoms with Crippen LogP contribution in [0.3, 0.4) is 0 Å². The standard InChI is InChI=1S/C18H16F3N3OS/c1-10(22-12-7-8-15-16(9-12)26-11(2)23-15)17(25)24-14-6-4-3-5-13(14)18(19,20)21/h3-10,22H,1-2H3,(H,24,25)/t10-/m0/s1. The molecule has 0 aliphatic carbocycles. The van der Waals surface area contributed by atoms with Crippen molar-refractivity contribution < 1.29 is 18.0 Å². The van der Waals surface area contributed by atoms with E-state index in [4.69, 9.17) is 0 Å². The zero-order valence-corrected chi connectivity index (χ0v) is 14.8. The molecule has 3 aromatic rings. The number of nitrogens with one attached hydrogen (secondary N) is 2. The lowest BCUT2D eigenvalue weighted by molar-refractivity contribution is -0.137. The lowest BCUT2D eigenvalue weighted by Gasteiger charge is -2.18. The van der Waals surface area contributed by atoms with Crippen molar-refractivity contribution in [1.82, 2.24) is 4.98 Å². The number of nitrogens with zero attached hydrogens (tertiary/aromatic N) is 1. The van der Waals surface area contributed by atoms with E-state index in [2.05, 4.69) is 15.6 Å². The summed E-state index contributed by atoms with van der Waals surface area (Å²) in [6, 6.07) is 9.68. The highest BCUT2D eigenvalue weighted by atomic mass is 32.1. The Morgan fingerprint density at radius 3 is 2.65 bits per heavy atom. The lowest BCUT2D eigenvalue weighted by atomic mass is 10.1. The molecule has 0 saturated heterocycles. The van der Waals surface area contributed by atoms with Crippen LogP contribution >= 0.6 is 11.3 Å². The summed E-state index contributed by atoms with van der Waals surface area (Å²) in [6.45, 7) is 3.50. The quantitative estimate of drug-likeness (QED) is 0.666. The molecule has 136 valence electrons. The molecule has 4 nitrogen and oxygen atoms in total. The van der Waals surface area contributed by atoms with Gasteiger partial charge in [-0.1, -0.05) is 12.1 Å². The van der Waals surface area contributed by atoms with Crippen LogP contribution in [0.25, 0.3) is 10.2 Å². The molecule has 1 heterocycles. The van der Waals surface area contributed by atoms with Gasteiger partial charge in [-0.3, -0.25) is 4.79 Å². The predicted molar refractivity (Wildman–Crippen MR) is 97.5 cm³/mol. The van der Waals surface area contributed by atoms with Crippen molar-refractivity contribution in [3.8, 4) is 0 Å². The van der Waals surface area contributed by atoms with Crippen LogP contribution in [0, 0.1) is 6.92 Å². The second-order valence-corrected chi connectivity index (χ2v) is 7.05. The van der Waals surface area contributed by atoms with Gasteiger partial charge in [0.2, 0.25) is 5.91 Å². The number of aryl methyl sites for hydroxylation is 1. The third-order valence-electron chi connectivity index (χ3n) is 3.76. The summed E-state index contributed by atoms with van der Waals surface area (Å²) < 4.78 is 40.1. The van der Waals surface area contributed by atoms with Gasteiger partial charge < -0.3 is 10.6 Å². The molecule has 26 heavy (non-hydrogen) atoms.